The van der Waals surface area contributed by atoms with Gasteiger partial charge in [0, 0.05) is 270 Å². The molecule has 0 amide bonds. The highest BCUT2D eigenvalue weighted by molar-refractivity contribution is 4.95. The predicted octanol–water partition coefficient (Wildman–Crippen LogP) is 17.8. The van der Waals surface area contributed by atoms with E-state index in [0.717, 1.165) is 197 Å². The van der Waals surface area contributed by atoms with Crippen molar-refractivity contribution in [2.24, 2.45) is 33.5 Å². The summed E-state index contributed by atoms with van der Waals surface area (Å²) in [6.07, 6.45) is 13.2. The van der Waals surface area contributed by atoms with Crippen LogP contribution in [0.25, 0.3) is 0 Å². The first-order valence-electron chi connectivity index (χ1n) is 46.7. The van der Waals surface area contributed by atoms with Crippen LogP contribution >= 0.6 is 0 Å². The Kier molecular flexibility index (Phi) is 135. The molecular formula is C99H222O30. The standard InChI is InChI=1S/C8H16O2.C8H18O2.C7H14O2.5C7H16O2.C6H12O2.5C6H14O2.C5H12O2/c1-3-10-7-8(4-5-8)6-9-2;1-5-10-7-8(2,3)6-9-4;1-8-5-7(3-4-7)6-9-2;1-7(2,5-8-3)6-9-4;1-5-9-7(2,3)6-8-4;1-4-9-6-7(2)5-8-3;1-4-9-6-5-7(2)8-3;1-4-9-7(2)5-6-8-3;1-7-5-6(8-2)3-4-6;1-6(4-7-2)5-8-3;1-6(2,8-4)5-7-3;2*1-6(8-3)4-5-7-2;1-4-8-6(2)5-7-3;1-5(7-3)4-6-2/h3-7H2,1-2H3;5-7H2,1-4H3;3-6H2,1-2H3;2*5-6H2,1-4H3;3*7H,4-6H2,1-3H3;3-5H2,1-2H3;6H,4-5H2,1-3H3;5H2,1-4H3;3*6H,4-5H2,1-3H3;5H,4H2,1-3H3. The van der Waals surface area contributed by atoms with Gasteiger partial charge in [0.1, 0.15) is 0 Å². The fourth-order valence-corrected chi connectivity index (χ4v) is 9.99. The Morgan fingerprint density at radius 1 is 0.240 bits per heavy atom. The molecule has 3 aliphatic carbocycles. The van der Waals surface area contributed by atoms with Crippen LogP contribution in [-0.2, 0) is 142 Å². The summed E-state index contributed by atoms with van der Waals surface area (Å²) in [5.41, 5.74) is 0.996. The highest BCUT2D eigenvalue weighted by Gasteiger charge is 2.44. The third-order valence-corrected chi connectivity index (χ3v) is 18.2. The van der Waals surface area contributed by atoms with Crippen molar-refractivity contribution >= 4 is 0 Å². The van der Waals surface area contributed by atoms with Crippen molar-refractivity contribution in [3.05, 3.63) is 0 Å². The van der Waals surface area contributed by atoms with Crippen molar-refractivity contribution in [1.29, 1.82) is 0 Å². The van der Waals surface area contributed by atoms with Crippen LogP contribution in [0, 0.1) is 33.5 Å². The zero-order valence-corrected chi connectivity index (χ0v) is 93.2. The maximum absolute atomic E-state index is 5.34. The Morgan fingerprint density at radius 2 is 0.550 bits per heavy atom. The van der Waals surface area contributed by atoms with Crippen LogP contribution in [0.2, 0.25) is 0 Å². The SMILES string of the molecule is CCOC(C)(C)COC.CCOC(C)CCOC.CCOC(C)COC.CCOCC(C)(C)COC.CCOCC(C)COC.CCOCC1(COC)CC1.CCOCCC(C)OC.COCC(C)(C)COC.COCC(C)(C)OC.COCC(C)COC.COCC(C)OC.COCC1(COC)CC1.COCC1(OC)CC1.COCCC(C)OC.COCCC(C)OC. The van der Waals surface area contributed by atoms with Crippen LogP contribution in [0.1, 0.15) is 223 Å². The number of methoxy groups -OCH3 is 23. The van der Waals surface area contributed by atoms with Gasteiger partial charge in [-0.25, -0.2) is 0 Å². The molecule has 30 heteroatoms. The van der Waals surface area contributed by atoms with Gasteiger partial charge in [0.05, 0.1) is 166 Å². The van der Waals surface area contributed by atoms with Crippen molar-refractivity contribution in [2.75, 3.05) is 349 Å². The topological polar surface area (TPSA) is 277 Å². The van der Waals surface area contributed by atoms with Crippen LogP contribution < -0.4 is 0 Å². The highest BCUT2D eigenvalue weighted by atomic mass is 16.6. The molecule has 3 saturated carbocycles. The molecule has 7 atom stereocenters. The van der Waals surface area contributed by atoms with E-state index in [-0.39, 0.29) is 39.8 Å². The zero-order valence-electron chi connectivity index (χ0n) is 93.2. The molecule has 3 rings (SSSR count). The first-order chi connectivity index (χ1) is 60.9. The van der Waals surface area contributed by atoms with Crippen LogP contribution in [0.4, 0.5) is 0 Å². The normalized spacial score (nSPS) is 14.8. The van der Waals surface area contributed by atoms with E-state index in [1.807, 2.05) is 111 Å². The summed E-state index contributed by atoms with van der Waals surface area (Å²) in [5, 5.41) is 0. The third-order valence-electron chi connectivity index (χ3n) is 18.2. The van der Waals surface area contributed by atoms with Gasteiger partial charge in [-0.3, -0.25) is 0 Å². The van der Waals surface area contributed by atoms with E-state index in [2.05, 4.69) is 48.5 Å². The van der Waals surface area contributed by atoms with Gasteiger partial charge in [0.2, 0.25) is 0 Å². The molecule has 0 aromatic heterocycles. The Labute approximate surface area is 797 Å². The van der Waals surface area contributed by atoms with Gasteiger partial charge < -0.3 is 142 Å². The van der Waals surface area contributed by atoms with Crippen LogP contribution in [0.15, 0.2) is 0 Å². The Hall–Kier alpha value is -1.20. The second-order valence-corrected chi connectivity index (χ2v) is 34.7. The monoisotopic (exact) mass is 1890 g/mol. The molecule has 0 heterocycles. The molecule has 7 unspecified atom stereocenters. The summed E-state index contributed by atoms with van der Waals surface area (Å²) in [7, 11) is 39.2. The molecule has 3 fully saturated rings. The van der Waals surface area contributed by atoms with Gasteiger partial charge in [-0.05, 0) is 182 Å². The smallest absolute Gasteiger partial charge is 0.0913 e. The molecule has 0 bridgehead atoms. The summed E-state index contributed by atoms with van der Waals surface area (Å²) in [6.45, 7) is 68.6. The molecule has 3 aliphatic rings. The number of ether oxygens (including phenoxy) is 30. The van der Waals surface area contributed by atoms with E-state index < -0.39 is 0 Å². The van der Waals surface area contributed by atoms with E-state index in [4.69, 9.17) is 142 Å². The lowest BCUT2D eigenvalue weighted by atomic mass is 9.96. The fraction of sp³-hybridized carbons (Fsp3) is 1.00. The summed E-state index contributed by atoms with van der Waals surface area (Å²) in [5.74, 6) is 1.04. The lowest BCUT2D eigenvalue weighted by Gasteiger charge is -2.22. The predicted molar refractivity (Wildman–Crippen MR) is 529 cm³/mol. The number of hydrogen-bond donors (Lipinski definition) is 0. The second-order valence-electron chi connectivity index (χ2n) is 34.7. The maximum Gasteiger partial charge on any atom is 0.0913 e. The van der Waals surface area contributed by atoms with E-state index in [1.165, 1.54) is 25.7 Å². The van der Waals surface area contributed by atoms with Crippen LogP contribution in [0.3, 0.4) is 0 Å². The quantitative estimate of drug-likeness (QED) is 0.0512. The van der Waals surface area contributed by atoms with Crippen molar-refractivity contribution < 1.29 is 142 Å². The molecule has 0 N–H and O–H groups in total. The van der Waals surface area contributed by atoms with E-state index in [9.17, 15) is 0 Å². The molecule has 0 aromatic rings. The highest BCUT2D eigenvalue weighted by Crippen LogP contribution is 2.46. The van der Waals surface area contributed by atoms with Crippen LogP contribution in [0.5, 0.6) is 0 Å². The molecule has 798 valence electrons. The minimum absolute atomic E-state index is 0.120. The largest absolute Gasteiger partial charge is 0.385 e. The van der Waals surface area contributed by atoms with Gasteiger partial charge in [-0.1, -0.05) is 41.5 Å². The molecule has 0 radical (unpaired) electrons. The van der Waals surface area contributed by atoms with Crippen molar-refractivity contribution in [3.8, 4) is 0 Å². The molecule has 0 spiro atoms. The lowest BCUT2D eigenvalue weighted by Crippen LogP contribution is -2.29. The fourth-order valence-electron chi connectivity index (χ4n) is 9.99. The Bertz CT molecular complexity index is 1830. The summed E-state index contributed by atoms with van der Waals surface area (Å²) < 4.78 is 150. The molecule has 0 aliphatic heterocycles. The van der Waals surface area contributed by atoms with Gasteiger partial charge in [-0.15, -0.1) is 0 Å². The molecular weight excluding hydrogens is 1670 g/mol. The lowest BCUT2D eigenvalue weighted by molar-refractivity contribution is -0.0593. The third kappa shape index (κ3) is 138. The minimum Gasteiger partial charge on any atom is -0.385 e. The average Bonchev–Trinajstić information content (AvgIpc) is 1.68. The summed E-state index contributed by atoms with van der Waals surface area (Å²) >= 11 is 0. The van der Waals surface area contributed by atoms with E-state index in [1.54, 1.807) is 164 Å². The van der Waals surface area contributed by atoms with Crippen molar-refractivity contribution in [3.63, 3.8) is 0 Å². The Morgan fingerprint density at radius 3 is 0.806 bits per heavy atom. The summed E-state index contributed by atoms with van der Waals surface area (Å²) in [6, 6.07) is 0. The van der Waals surface area contributed by atoms with Crippen LogP contribution in [-0.4, -0.2) is 402 Å². The van der Waals surface area contributed by atoms with Gasteiger partial charge in [0.15, 0.2) is 0 Å². The first-order valence-corrected chi connectivity index (χ1v) is 46.7. The molecule has 129 heavy (non-hydrogen) atoms. The van der Waals surface area contributed by atoms with Crippen molar-refractivity contribution in [2.45, 2.75) is 277 Å². The zero-order chi connectivity index (χ0) is 102. The Balaban J connectivity index is -0.000000114. The number of hydrogen-bond acceptors (Lipinski definition) is 30. The second kappa shape index (κ2) is 114. The van der Waals surface area contributed by atoms with E-state index in [0.29, 0.717) is 73.5 Å². The van der Waals surface area contributed by atoms with Gasteiger partial charge >= 0.3 is 0 Å². The average molecular weight is 1890 g/mol. The van der Waals surface area contributed by atoms with Gasteiger partial charge in [-0.2, -0.15) is 0 Å². The first kappa shape index (κ1) is 153. The molecule has 30 nitrogen and oxygen atoms in total. The molecule has 0 saturated heterocycles. The molecule has 0 aromatic carbocycles. The maximum atomic E-state index is 5.34. The summed E-state index contributed by atoms with van der Waals surface area (Å²) in [4.78, 5) is 0. The van der Waals surface area contributed by atoms with Gasteiger partial charge in [0.25, 0.3) is 0 Å². The minimum atomic E-state index is -0.130. The number of rotatable bonds is 62. The van der Waals surface area contributed by atoms with Crippen molar-refractivity contribution in [1.82, 2.24) is 0 Å². The van der Waals surface area contributed by atoms with E-state index >= 15 is 0 Å².